The molecule has 0 bridgehead atoms. The Hall–Kier alpha value is -0.870. The quantitative estimate of drug-likeness (QED) is 0.553. The van der Waals surface area contributed by atoms with E-state index in [9.17, 15) is 9.59 Å². The van der Waals surface area contributed by atoms with Gasteiger partial charge in [0, 0.05) is 6.54 Å². The van der Waals surface area contributed by atoms with Crippen LogP contribution in [0.5, 0.6) is 0 Å². The summed E-state index contributed by atoms with van der Waals surface area (Å²) in [6.07, 6.45) is 2.13. The number of rotatable bonds is 3. The van der Waals surface area contributed by atoms with Gasteiger partial charge in [-0.25, -0.2) is 0 Å². The highest BCUT2D eigenvalue weighted by atomic mass is 35.5. The minimum absolute atomic E-state index is 0.194. The fourth-order valence-electron chi connectivity index (χ4n) is 0.761. The van der Waals surface area contributed by atoms with Crippen LogP contribution in [0, 0.1) is 0 Å². The van der Waals surface area contributed by atoms with Crippen molar-refractivity contribution in [1.29, 1.82) is 0 Å². The molecule has 1 aromatic heterocycles. The van der Waals surface area contributed by atoms with Crippen LogP contribution in [0.2, 0.25) is 5.15 Å². The first-order valence-corrected chi connectivity index (χ1v) is 4.35. The van der Waals surface area contributed by atoms with Gasteiger partial charge in [0.05, 0.1) is 0 Å². The molecule has 1 rings (SSSR count). The van der Waals surface area contributed by atoms with E-state index in [1.54, 1.807) is 6.08 Å². The van der Waals surface area contributed by atoms with Crippen LogP contribution in [-0.2, 0) is 6.54 Å². The van der Waals surface area contributed by atoms with Crippen LogP contribution in [-0.4, -0.2) is 10.9 Å². The van der Waals surface area contributed by atoms with E-state index in [1.165, 1.54) is 4.57 Å². The van der Waals surface area contributed by atoms with E-state index in [0.717, 1.165) is 11.3 Å². The van der Waals surface area contributed by atoms with E-state index in [1.807, 2.05) is 0 Å². The molecule has 3 nitrogen and oxygen atoms in total. The molecule has 1 heterocycles. The number of aldehydes is 1. The Morgan fingerprint density at radius 3 is 2.75 bits per heavy atom. The third-order valence-corrected chi connectivity index (χ3v) is 2.70. The van der Waals surface area contributed by atoms with Gasteiger partial charge in [0.1, 0.15) is 10.0 Å². The number of thiazole rings is 1. The highest BCUT2D eigenvalue weighted by molar-refractivity contribution is 7.11. The molecule has 0 radical (unpaired) electrons. The second kappa shape index (κ2) is 3.69. The molecule has 0 spiro atoms. The Morgan fingerprint density at radius 2 is 2.33 bits per heavy atom. The van der Waals surface area contributed by atoms with Crippen molar-refractivity contribution < 1.29 is 4.79 Å². The highest BCUT2D eigenvalue weighted by Crippen LogP contribution is 2.15. The first-order valence-electron chi connectivity index (χ1n) is 3.16. The average Bonchev–Trinajstić information content (AvgIpc) is 2.32. The minimum Gasteiger partial charge on any atom is -0.297 e. The molecule has 0 aliphatic heterocycles. The van der Waals surface area contributed by atoms with Crippen LogP contribution < -0.4 is 4.87 Å². The van der Waals surface area contributed by atoms with E-state index in [2.05, 4.69) is 6.58 Å². The van der Waals surface area contributed by atoms with Crippen LogP contribution in [0.3, 0.4) is 0 Å². The minimum atomic E-state index is -0.234. The van der Waals surface area contributed by atoms with Crippen molar-refractivity contribution >= 4 is 29.2 Å². The number of hydrogen-bond donors (Lipinski definition) is 0. The van der Waals surface area contributed by atoms with Gasteiger partial charge in [-0.3, -0.25) is 14.2 Å². The summed E-state index contributed by atoms with van der Waals surface area (Å²) in [4.78, 5) is 21.5. The number of nitrogens with zero attached hydrogens (tertiary/aromatic N) is 1. The molecule has 0 unspecified atom stereocenters. The predicted molar refractivity (Wildman–Crippen MR) is 49.2 cm³/mol. The molecule has 1 aromatic rings. The third kappa shape index (κ3) is 1.49. The first kappa shape index (κ1) is 9.22. The van der Waals surface area contributed by atoms with E-state index < -0.39 is 0 Å². The number of carbonyl (C=O) groups is 1. The van der Waals surface area contributed by atoms with Crippen molar-refractivity contribution in [1.82, 2.24) is 4.57 Å². The smallest absolute Gasteiger partial charge is 0.297 e. The summed E-state index contributed by atoms with van der Waals surface area (Å²) in [5.74, 6) is 0. The number of carbonyl (C=O) groups excluding carboxylic acids is 1. The topological polar surface area (TPSA) is 39.1 Å². The molecule has 5 heteroatoms. The summed E-state index contributed by atoms with van der Waals surface area (Å²) in [6, 6.07) is 0. The van der Waals surface area contributed by atoms with Crippen molar-refractivity contribution in [3.05, 3.63) is 32.4 Å². The van der Waals surface area contributed by atoms with Gasteiger partial charge in [0.15, 0.2) is 6.29 Å². The third-order valence-electron chi connectivity index (χ3n) is 1.28. The highest BCUT2D eigenvalue weighted by Gasteiger charge is 2.09. The second-order valence-electron chi connectivity index (χ2n) is 2.04. The summed E-state index contributed by atoms with van der Waals surface area (Å²) in [5, 5.41) is 0.194. The van der Waals surface area contributed by atoms with Crippen LogP contribution in [0.15, 0.2) is 17.4 Å². The van der Waals surface area contributed by atoms with Gasteiger partial charge < -0.3 is 0 Å². The van der Waals surface area contributed by atoms with E-state index in [-0.39, 0.29) is 14.9 Å². The lowest BCUT2D eigenvalue weighted by Gasteiger charge is -1.95. The predicted octanol–water partition coefficient (Wildman–Crippen LogP) is 1.56. The Kier molecular flexibility index (Phi) is 2.83. The molecule has 0 amide bonds. The van der Waals surface area contributed by atoms with Gasteiger partial charge in [-0.05, 0) is 0 Å². The maximum Gasteiger partial charge on any atom is 0.309 e. The zero-order chi connectivity index (χ0) is 9.14. The first-order chi connectivity index (χ1) is 5.70. The zero-order valence-electron chi connectivity index (χ0n) is 6.12. The summed E-state index contributed by atoms with van der Waals surface area (Å²) in [5.41, 5.74) is 0. The normalized spacial score (nSPS) is 9.75. The van der Waals surface area contributed by atoms with Crippen molar-refractivity contribution in [3.63, 3.8) is 0 Å². The summed E-state index contributed by atoms with van der Waals surface area (Å²) < 4.78 is 1.29. The average molecular weight is 204 g/mol. The lowest BCUT2D eigenvalue weighted by Crippen LogP contribution is -2.11. The second-order valence-corrected chi connectivity index (χ2v) is 3.39. The Balaban J connectivity index is 3.27. The molecule has 0 fully saturated rings. The van der Waals surface area contributed by atoms with Gasteiger partial charge in [-0.2, -0.15) is 0 Å². The lowest BCUT2D eigenvalue weighted by atomic mass is 10.5. The standard InChI is InChI=1S/C7H6ClNO2S/c1-2-3-9-6(8)5(4-10)12-7(9)11/h2,4H,1,3H2. The van der Waals surface area contributed by atoms with Crippen molar-refractivity contribution in [2.24, 2.45) is 0 Å². The van der Waals surface area contributed by atoms with Gasteiger partial charge in [0.2, 0.25) is 0 Å². The number of halogens is 1. The zero-order valence-corrected chi connectivity index (χ0v) is 7.69. The number of hydrogen-bond acceptors (Lipinski definition) is 3. The summed E-state index contributed by atoms with van der Waals surface area (Å²) in [6.45, 7) is 3.81. The fraction of sp³-hybridized carbons (Fsp3) is 0.143. The van der Waals surface area contributed by atoms with Gasteiger partial charge in [0.25, 0.3) is 0 Å². The van der Waals surface area contributed by atoms with E-state index in [0.29, 0.717) is 12.8 Å². The summed E-state index contributed by atoms with van der Waals surface area (Å²) in [7, 11) is 0. The molecule has 64 valence electrons. The molecular formula is C7H6ClNO2S. The fourth-order valence-corrected chi connectivity index (χ4v) is 1.82. The van der Waals surface area contributed by atoms with Crippen molar-refractivity contribution in [3.8, 4) is 0 Å². The van der Waals surface area contributed by atoms with Crippen LogP contribution >= 0.6 is 22.9 Å². The van der Waals surface area contributed by atoms with Crippen molar-refractivity contribution in [2.75, 3.05) is 0 Å². The maximum atomic E-state index is 11.1. The van der Waals surface area contributed by atoms with Gasteiger partial charge in [-0.15, -0.1) is 6.58 Å². The monoisotopic (exact) mass is 203 g/mol. The SMILES string of the molecule is C=CCn1c(Cl)c(C=O)sc1=O. The van der Waals surface area contributed by atoms with Crippen LogP contribution in [0.1, 0.15) is 9.67 Å². The Bertz CT molecular complexity index is 366. The van der Waals surface area contributed by atoms with E-state index in [4.69, 9.17) is 11.6 Å². The van der Waals surface area contributed by atoms with Crippen LogP contribution in [0.4, 0.5) is 0 Å². The summed E-state index contributed by atoms with van der Waals surface area (Å²) >= 11 is 6.54. The molecule has 0 saturated carbocycles. The molecule has 0 aromatic carbocycles. The lowest BCUT2D eigenvalue weighted by molar-refractivity contribution is 0.112. The molecule has 0 saturated heterocycles. The van der Waals surface area contributed by atoms with Gasteiger partial charge >= 0.3 is 4.87 Å². The van der Waals surface area contributed by atoms with Crippen molar-refractivity contribution in [2.45, 2.75) is 6.54 Å². The van der Waals surface area contributed by atoms with E-state index >= 15 is 0 Å². The molecular weight excluding hydrogens is 198 g/mol. The van der Waals surface area contributed by atoms with Crippen LogP contribution in [0.25, 0.3) is 0 Å². The maximum absolute atomic E-state index is 11.1. The Morgan fingerprint density at radius 1 is 1.67 bits per heavy atom. The Labute approximate surface area is 77.9 Å². The molecule has 0 N–H and O–H groups in total. The number of allylic oxidation sites excluding steroid dienone is 1. The number of aromatic nitrogens is 1. The molecule has 0 atom stereocenters. The largest absolute Gasteiger partial charge is 0.309 e. The molecule has 0 aliphatic rings. The molecule has 0 aliphatic carbocycles. The van der Waals surface area contributed by atoms with Gasteiger partial charge in [-0.1, -0.05) is 29.0 Å². The molecule has 12 heavy (non-hydrogen) atoms.